The molecule has 102 valence electrons. The molecule has 0 spiro atoms. The molecule has 0 fully saturated rings. The van der Waals surface area contributed by atoms with Crippen molar-refractivity contribution in [3.05, 3.63) is 35.9 Å². The van der Waals surface area contributed by atoms with Crippen molar-refractivity contribution in [1.82, 2.24) is 10.2 Å². The average molecular weight is 248 g/mol. The molecule has 0 amide bonds. The van der Waals surface area contributed by atoms with E-state index in [1.54, 1.807) is 0 Å². The van der Waals surface area contributed by atoms with Gasteiger partial charge in [0.2, 0.25) is 0 Å². The van der Waals surface area contributed by atoms with Crippen LogP contribution in [0.15, 0.2) is 30.3 Å². The summed E-state index contributed by atoms with van der Waals surface area (Å²) in [4.78, 5) is 2.41. The molecule has 2 nitrogen and oxygen atoms in total. The summed E-state index contributed by atoms with van der Waals surface area (Å²) in [5.74, 6) is 0.725. The SMILES string of the molecule is CCNC(CN(C)Cc1ccccc1)C(C)CC. The van der Waals surface area contributed by atoms with Gasteiger partial charge in [0.1, 0.15) is 0 Å². The maximum Gasteiger partial charge on any atom is 0.0231 e. The maximum absolute atomic E-state index is 3.61. The van der Waals surface area contributed by atoms with Gasteiger partial charge in [-0.1, -0.05) is 57.5 Å². The van der Waals surface area contributed by atoms with Crippen molar-refractivity contribution in [1.29, 1.82) is 0 Å². The molecule has 1 aromatic rings. The van der Waals surface area contributed by atoms with Gasteiger partial charge in [0, 0.05) is 19.1 Å². The summed E-state index contributed by atoms with van der Waals surface area (Å²) >= 11 is 0. The predicted molar refractivity (Wildman–Crippen MR) is 79.7 cm³/mol. The van der Waals surface area contributed by atoms with E-state index in [-0.39, 0.29) is 0 Å². The van der Waals surface area contributed by atoms with E-state index in [0.717, 1.165) is 25.6 Å². The number of nitrogens with one attached hydrogen (secondary N) is 1. The first kappa shape index (κ1) is 15.2. The molecule has 1 rings (SSSR count). The number of hydrogen-bond acceptors (Lipinski definition) is 2. The third-order valence-corrected chi connectivity index (χ3v) is 3.60. The molecule has 0 aromatic heterocycles. The Morgan fingerprint density at radius 2 is 1.83 bits per heavy atom. The van der Waals surface area contributed by atoms with Crippen molar-refractivity contribution < 1.29 is 0 Å². The minimum Gasteiger partial charge on any atom is -0.313 e. The van der Waals surface area contributed by atoms with Crippen LogP contribution in [0.1, 0.15) is 32.8 Å². The molecule has 0 saturated carbocycles. The highest BCUT2D eigenvalue weighted by atomic mass is 15.1. The van der Waals surface area contributed by atoms with Gasteiger partial charge < -0.3 is 10.2 Å². The zero-order valence-electron chi connectivity index (χ0n) is 12.3. The molecule has 0 heterocycles. The highest BCUT2D eigenvalue weighted by Crippen LogP contribution is 2.10. The van der Waals surface area contributed by atoms with Crippen molar-refractivity contribution in [3.8, 4) is 0 Å². The van der Waals surface area contributed by atoms with Crippen molar-refractivity contribution in [2.75, 3.05) is 20.1 Å². The minimum absolute atomic E-state index is 0.591. The highest BCUT2D eigenvalue weighted by Gasteiger charge is 2.16. The first-order valence-electron chi connectivity index (χ1n) is 7.13. The van der Waals surface area contributed by atoms with Crippen LogP contribution < -0.4 is 5.32 Å². The van der Waals surface area contributed by atoms with Crippen molar-refractivity contribution in [2.45, 2.75) is 39.8 Å². The first-order chi connectivity index (χ1) is 8.67. The van der Waals surface area contributed by atoms with E-state index in [0.29, 0.717) is 6.04 Å². The van der Waals surface area contributed by atoms with E-state index in [2.05, 4.69) is 68.4 Å². The van der Waals surface area contributed by atoms with Crippen LogP contribution in [0.5, 0.6) is 0 Å². The molecule has 0 bridgehead atoms. The van der Waals surface area contributed by atoms with E-state index in [4.69, 9.17) is 0 Å². The Morgan fingerprint density at radius 3 is 2.39 bits per heavy atom. The lowest BCUT2D eigenvalue weighted by Crippen LogP contribution is -2.43. The Kier molecular flexibility index (Phi) is 6.99. The van der Waals surface area contributed by atoms with Crippen LogP contribution in [0.4, 0.5) is 0 Å². The Labute approximate surface area is 112 Å². The predicted octanol–water partition coefficient (Wildman–Crippen LogP) is 3.14. The summed E-state index contributed by atoms with van der Waals surface area (Å²) in [7, 11) is 2.21. The van der Waals surface area contributed by atoms with Crippen LogP contribution in [-0.4, -0.2) is 31.1 Å². The molecule has 0 aliphatic carbocycles. The molecule has 2 atom stereocenters. The zero-order chi connectivity index (χ0) is 13.4. The lowest BCUT2D eigenvalue weighted by atomic mass is 9.98. The first-order valence-corrected chi connectivity index (χ1v) is 7.13. The summed E-state index contributed by atoms with van der Waals surface area (Å²) in [5, 5.41) is 3.61. The second-order valence-corrected chi connectivity index (χ2v) is 5.23. The summed E-state index contributed by atoms with van der Waals surface area (Å²) in [6.45, 7) is 9.98. The number of hydrogen-bond donors (Lipinski definition) is 1. The van der Waals surface area contributed by atoms with E-state index in [1.165, 1.54) is 12.0 Å². The van der Waals surface area contributed by atoms with Crippen LogP contribution in [0, 0.1) is 5.92 Å². The van der Waals surface area contributed by atoms with Crippen molar-refractivity contribution in [3.63, 3.8) is 0 Å². The molecule has 18 heavy (non-hydrogen) atoms. The second-order valence-electron chi connectivity index (χ2n) is 5.23. The smallest absolute Gasteiger partial charge is 0.0231 e. The van der Waals surface area contributed by atoms with Gasteiger partial charge in [-0.15, -0.1) is 0 Å². The number of likely N-dealkylation sites (N-methyl/N-ethyl adjacent to an activating group) is 2. The fourth-order valence-electron chi connectivity index (χ4n) is 2.29. The molecular weight excluding hydrogens is 220 g/mol. The maximum atomic E-state index is 3.61. The Morgan fingerprint density at radius 1 is 1.17 bits per heavy atom. The lowest BCUT2D eigenvalue weighted by molar-refractivity contribution is 0.240. The fraction of sp³-hybridized carbons (Fsp3) is 0.625. The lowest BCUT2D eigenvalue weighted by Gasteiger charge is -2.29. The quantitative estimate of drug-likeness (QED) is 0.760. The molecule has 0 saturated heterocycles. The Balaban J connectivity index is 2.48. The molecule has 2 unspecified atom stereocenters. The Hall–Kier alpha value is -0.860. The molecule has 0 aliphatic rings. The van der Waals surface area contributed by atoms with Crippen molar-refractivity contribution >= 4 is 0 Å². The molecular formula is C16H28N2. The second kappa shape index (κ2) is 8.28. The normalized spacial score (nSPS) is 14.7. The third kappa shape index (κ3) is 5.19. The summed E-state index contributed by atoms with van der Waals surface area (Å²) < 4.78 is 0. The molecule has 0 radical (unpaired) electrons. The van der Waals surface area contributed by atoms with E-state index in [9.17, 15) is 0 Å². The van der Waals surface area contributed by atoms with Gasteiger partial charge in [-0.25, -0.2) is 0 Å². The van der Waals surface area contributed by atoms with Gasteiger partial charge in [-0.2, -0.15) is 0 Å². The number of benzene rings is 1. The molecule has 1 N–H and O–H groups in total. The van der Waals surface area contributed by atoms with Crippen LogP contribution in [0.3, 0.4) is 0 Å². The zero-order valence-corrected chi connectivity index (χ0v) is 12.3. The monoisotopic (exact) mass is 248 g/mol. The van der Waals surface area contributed by atoms with Gasteiger partial charge >= 0.3 is 0 Å². The van der Waals surface area contributed by atoms with Crippen LogP contribution in [0.2, 0.25) is 0 Å². The van der Waals surface area contributed by atoms with Gasteiger partial charge in [0.25, 0.3) is 0 Å². The molecule has 1 aromatic carbocycles. The number of rotatable bonds is 8. The summed E-state index contributed by atoms with van der Waals surface area (Å²) in [6.07, 6.45) is 1.23. The van der Waals surface area contributed by atoms with E-state index in [1.807, 2.05) is 0 Å². The van der Waals surface area contributed by atoms with Crippen LogP contribution in [0.25, 0.3) is 0 Å². The average Bonchev–Trinajstić information content (AvgIpc) is 2.38. The largest absolute Gasteiger partial charge is 0.313 e. The minimum atomic E-state index is 0.591. The molecule has 2 heteroatoms. The van der Waals surface area contributed by atoms with Crippen LogP contribution >= 0.6 is 0 Å². The third-order valence-electron chi connectivity index (χ3n) is 3.60. The fourth-order valence-corrected chi connectivity index (χ4v) is 2.29. The van der Waals surface area contributed by atoms with Crippen LogP contribution in [-0.2, 0) is 6.54 Å². The van der Waals surface area contributed by atoms with E-state index < -0.39 is 0 Å². The topological polar surface area (TPSA) is 15.3 Å². The summed E-state index contributed by atoms with van der Waals surface area (Å²) in [5.41, 5.74) is 1.39. The standard InChI is InChI=1S/C16H28N2/c1-5-14(3)16(17-6-2)13-18(4)12-15-10-8-7-9-11-15/h7-11,14,16-17H,5-6,12-13H2,1-4H3. The van der Waals surface area contributed by atoms with Gasteiger partial charge in [0.15, 0.2) is 0 Å². The Bertz CT molecular complexity index is 310. The van der Waals surface area contributed by atoms with Crippen molar-refractivity contribution in [2.24, 2.45) is 5.92 Å². The number of nitrogens with zero attached hydrogens (tertiary/aromatic N) is 1. The van der Waals surface area contributed by atoms with Gasteiger partial charge in [-0.05, 0) is 25.1 Å². The van der Waals surface area contributed by atoms with Gasteiger partial charge in [0.05, 0.1) is 0 Å². The van der Waals surface area contributed by atoms with Gasteiger partial charge in [-0.3, -0.25) is 0 Å². The molecule has 0 aliphatic heterocycles. The summed E-state index contributed by atoms with van der Waals surface area (Å²) in [6, 6.07) is 11.3. The van der Waals surface area contributed by atoms with E-state index >= 15 is 0 Å². The highest BCUT2D eigenvalue weighted by molar-refractivity contribution is 5.14.